The minimum Gasteiger partial charge on any atom is -0.389 e. The maximum absolute atomic E-state index is 9.53. The number of hydrogen-bond acceptors (Lipinski definition) is 2. The van der Waals surface area contributed by atoms with E-state index in [0.29, 0.717) is 28.2 Å². The second-order valence-corrected chi connectivity index (χ2v) is 5.43. The molecule has 0 spiro atoms. The van der Waals surface area contributed by atoms with Crippen LogP contribution < -0.4 is 5.32 Å². The van der Waals surface area contributed by atoms with Gasteiger partial charge in [0.05, 0.1) is 15.6 Å². The van der Waals surface area contributed by atoms with Gasteiger partial charge in [-0.3, -0.25) is 0 Å². The van der Waals surface area contributed by atoms with Crippen molar-refractivity contribution >= 4 is 34.8 Å². The van der Waals surface area contributed by atoms with Gasteiger partial charge in [0.2, 0.25) is 0 Å². The summed E-state index contributed by atoms with van der Waals surface area (Å²) in [5, 5.41) is 14.1. The van der Waals surface area contributed by atoms with Crippen LogP contribution in [0.25, 0.3) is 0 Å². The van der Waals surface area contributed by atoms with Crippen molar-refractivity contribution in [3.05, 3.63) is 32.8 Å². The van der Waals surface area contributed by atoms with Crippen molar-refractivity contribution in [2.24, 2.45) is 0 Å². The Hall–Kier alpha value is 0.01000. The maximum atomic E-state index is 9.53. The smallest absolute Gasteiger partial charge is 0.0715 e. The molecule has 0 aliphatic carbocycles. The van der Waals surface area contributed by atoms with Crippen molar-refractivity contribution in [2.75, 3.05) is 6.54 Å². The molecule has 5 heteroatoms. The molecule has 16 heavy (non-hydrogen) atoms. The lowest BCUT2D eigenvalue weighted by atomic mass is 10.1. The highest BCUT2D eigenvalue weighted by Crippen LogP contribution is 2.31. The lowest BCUT2D eigenvalue weighted by Gasteiger charge is -2.18. The van der Waals surface area contributed by atoms with E-state index in [1.807, 2.05) is 0 Å². The fraction of sp³-hybridized carbons (Fsp3) is 0.455. The molecule has 0 saturated carbocycles. The SMILES string of the molecule is CC(C)(O)CNCc1c(Cl)ccc(Cl)c1Cl. The van der Waals surface area contributed by atoms with Crippen molar-refractivity contribution in [3.8, 4) is 0 Å². The van der Waals surface area contributed by atoms with Crippen LogP contribution in [0, 0.1) is 0 Å². The van der Waals surface area contributed by atoms with Crippen molar-refractivity contribution in [1.82, 2.24) is 5.32 Å². The molecule has 0 radical (unpaired) electrons. The molecule has 0 fully saturated rings. The highest BCUT2D eigenvalue weighted by Gasteiger charge is 2.13. The van der Waals surface area contributed by atoms with Crippen LogP contribution in [0.3, 0.4) is 0 Å². The van der Waals surface area contributed by atoms with Gasteiger partial charge < -0.3 is 10.4 Å². The maximum Gasteiger partial charge on any atom is 0.0715 e. The second kappa shape index (κ2) is 5.56. The molecule has 1 rings (SSSR count). The first-order valence-corrected chi connectivity index (χ1v) is 6.00. The Morgan fingerprint density at radius 1 is 1.19 bits per heavy atom. The van der Waals surface area contributed by atoms with E-state index in [4.69, 9.17) is 34.8 Å². The quantitative estimate of drug-likeness (QED) is 0.828. The third kappa shape index (κ3) is 4.11. The van der Waals surface area contributed by atoms with Gasteiger partial charge in [-0.15, -0.1) is 0 Å². The minimum absolute atomic E-state index is 0.451. The van der Waals surface area contributed by atoms with E-state index < -0.39 is 5.60 Å². The summed E-state index contributed by atoms with van der Waals surface area (Å²) in [6.45, 7) is 4.37. The van der Waals surface area contributed by atoms with Crippen LogP contribution in [0.5, 0.6) is 0 Å². The molecular formula is C11H14Cl3NO. The molecule has 0 aliphatic heterocycles. The van der Waals surface area contributed by atoms with Gasteiger partial charge in [0.15, 0.2) is 0 Å². The normalized spacial score (nSPS) is 11.9. The van der Waals surface area contributed by atoms with Gasteiger partial charge in [-0.1, -0.05) is 34.8 Å². The summed E-state index contributed by atoms with van der Waals surface area (Å²) in [5.74, 6) is 0. The summed E-state index contributed by atoms with van der Waals surface area (Å²) in [5.41, 5.74) is -0.0163. The molecule has 2 N–H and O–H groups in total. The molecular weight excluding hydrogens is 268 g/mol. The zero-order valence-corrected chi connectivity index (χ0v) is 11.4. The van der Waals surface area contributed by atoms with Crippen molar-refractivity contribution in [1.29, 1.82) is 0 Å². The van der Waals surface area contributed by atoms with E-state index in [-0.39, 0.29) is 0 Å². The molecule has 90 valence electrons. The third-order valence-corrected chi connectivity index (χ3v) is 3.20. The fourth-order valence-corrected chi connectivity index (χ4v) is 1.91. The largest absolute Gasteiger partial charge is 0.389 e. The fourth-order valence-electron chi connectivity index (χ4n) is 1.22. The van der Waals surface area contributed by atoms with Crippen molar-refractivity contribution in [2.45, 2.75) is 26.0 Å². The average Bonchev–Trinajstić information content (AvgIpc) is 2.16. The lowest BCUT2D eigenvalue weighted by Crippen LogP contribution is -2.34. The number of benzene rings is 1. The van der Waals surface area contributed by atoms with Crippen LogP contribution in [0.15, 0.2) is 12.1 Å². The summed E-state index contributed by atoms with van der Waals surface area (Å²) >= 11 is 17.9. The van der Waals surface area contributed by atoms with Crippen molar-refractivity contribution < 1.29 is 5.11 Å². The summed E-state index contributed by atoms with van der Waals surface area (Å²) in [4.78, 5) is 0. The predicted octanol–water partition coefficient (Wildman–Crippen LogP) is 3.51. The van der Waals surface area contributed by atoms with E-state index in [9.17, 15) is 5.11 Å². The number of aliphatic hydroxyl groups is 1. The Morgan fingerprint density at radius 3 is 2.31 bits per heavy atom. The molecule has 0 heterocycles. The molecule has 1 aromatic rings. The zero-order valence-electron chi connectivity index (χ0n) is 9.15. The molecule has 0 amide bonds. The van der Waals surface area contributed by atoms with Gasteiger partial charge in [-0.2, -0.15) is 0 Å². The van der Waals surface area contributed by atoms with E-state index in [2.05, 4.69) is 5.32 Å². The summed E-state index contributed by atoms with van der Waals surface area (Å²) in [6, 6.07) is 3.36. The first-order chi connectivity index (χ1) is 7.31. The van der Waals surface area contributed by atoms with Gasteiger partial charge in [0, 0.05) is 23.7 Å². The monoisotopic (exact) mass is 281 g/mol. The molecule has 0 atom stereocenters. The highest BCUT2D eigenvalue weighted by molar-refractivity contribution is 6.44. The predicted molar refractivity (Wildman–Crippen MR) is 69.5 cm³/mol. The Kier molecular flexibility index (Phi) is 4.89. The van der Waals surface area contributed by atoms with Gasteiger partial charge in [-0.25, -0.2) is 0 Å². The Balaban J connectivity index is 2.71. The minimum atomic E-state index is -0.766. The highest BCUT2D eigenvalue weighted by atomic mass is 35.5. The van der Waals surface area contributed by atoms with E-state index in [1.54, 1.807) is 26.0 Å². The number of rotatable bonds is 4. The van der Waals surface area contributed by atoms with Gasteiger partial charge >= 0.3 is 0 Å². The van der Waals surface area contributed by atoms with Crippen LogP contribution in [-0.2, 0) is 6.54 Å². The Bertz CT molecular complexity index is 374. The van der Waals surface area contributed by atoms with Gasteiger partial charge in [-0.05, 0) is 26.0 Å². The summed E-state index contributed by atoms with van der Waals surface area (Å²) < 4.78 is 0. The van der Waals surface area contributed by atoms with Crippen LogP contribution in [0.4, 0.5) is 0 Å². The van der Waals surface area contributed by atoms with Gasteiger partial charge in [0.1, 0.15) is 0 Å². The number of hydrogen-bond donors (Lipinski definition) is 2. The number of halogens is 3. The molecule has 0 unspecified atom stereocenters. The molecule has 1 aromatic carbocycles. The lowest BCUT2D eigenvalue weighted by molar-refractivity contribution is 0.0795. The Labute approximate surface area is 111 Å². The summed E-state index contributed by atoms with van der Waals surface area (Å²) in [6.07, 6.45) is 0. The summed E-state index contributed by atoms with van der Waals surface area (Å²) in [7, 11) is 0. The molecule has 0 aromatic heterocycles. The molecule has 0 aliphatic rings. The first-order valence-electron chi connectivity index (χ1n) is 4.87. The van der Waals surface area contributed by atoms with Crippen LogP contribution in [0.1, 0.15) is 19.4 Å². The molecule has 2 nitrogen and oxygen atoms in total. The topological polar surface area (TPSA) is 32.3 Å². The van der Waals surface area contributed by atoms with Crippen molar-refractivity contribution in [3.63, 3.8) is 0 Å². The molecule has 0 saturated heterocycles. The standard InChI is InChI=1S/C11H14Cl3NO/c1-11(2,16)6-15-5-7-8(12)3-4-9(13)10(7)14/h3-4,15-16H,5-6H2,1-2H3. The zero-order chi connectivity index (χ0) is 12.3. The molecule has 0 bridgehead atoms. The average molecular weight is 283 g/mol. The Morgan fingerprint density at radius 2 is 1.75 bits per heavy atom. The second-order valence-electron chi connectivity index (χ2n) is 4.24. The van der Waals surface area contributed by atoms with E-state index >= 15 is 0 Å². The first kappa shape index (κ1) is 14.1. The van der Waals surface area contributed by atoms with Gasteiger partial charge in [0.25, 0.3) is 0 Å². The third-order valence-electron chi connectivity index (χ3n) is 2.00. The number of nitrogens with one attached hydrogen (secondary N) is 1. The van der Waals surface area contributed by atoms with E-state index in [1.165, 1.54) is 0 Å². The van der Waals surface area contributed by atoms with Crippen LogP contribution >= 0.6 is 34.8 Å². The van der Waals surface area contributed by atoms with E-state index in [0.717, 1.165) is 5.56 Å². The van der Waals surface area contributed by atoms with Crippen LogP contribution in [-0.4, -0.2) is 17.3 Å². The van der Waals surface area contributed by atoms with Crippen LogP contribution in [0.2, 0.25) is 15.1 Å².